The van der Waals surface area contributed by atoms with Crippen molar-refractivity contribution in [1.29, 1.82) is 0 Å². The Balaban J connectivity index is 1.81. The van der Waals surface area contributed by atoms with Gasteiger partial charge < -0.3 is 5.73 Å². The van der Waals surface area contributed by atoms with Gasteiger partial charge in [0.1, 0.15) is 4.21 Å². The highest BCUT2D eigenvalue weighted by Gasteiger charge is 2.29. The summed E-state index contributed by atoms with van der Waals surface area (Å²) in [4.78, 5) is 5.58. The molecule has 5 heterocycles. The number of nitrogens with zero attached hydrogens (tertiary/aromatic N) is 4. The van der Waals surface area contributed by atoms with Crippen LogP contribution in [0.3, 0.4) is 0 Å². The van der Waals surface area contributed by atoms with E-state index < -0.39 is 15.9 Å². The van der Waals surface area contributed by atoms with Crippen molar-refractivity contribution in [2.24, 2.45) is 5.73 Å². The summed E-state index contributed by atoms with van der Waals surface area (Å²) in [5.41, 5.74) is 8.02. The zero-order valence-electron chi connectivity index (χ0n) is 13.5. The Hall–Kier alpha value is -2.18. The van der Waals surface area contributed by atoms with E-state index in [1.807, 2.05) is 29.0 Å². The fourth-order valence-electron chi connectivity index (χ4n) is 2.85. The molecule has 0 aromatic carbocycles. The molecular weight excluding hydrogens is 422 g/mol. The molecule has 1 unspecified atom stereocenters. The Morgan fingerprint density at radius 1 is 1.04 bits per heavy atom. The normalized spacial score (nSPS) is 13.5. The number of rotatable bonds is 4. The first-order valence-electron chi connectivity index (χ1n) is 7.77. The first kappa shape index (κ1) is 17.0. The summed E-state index contributed by atoms with van der Waals surface area (Å²) < 4.78 is 28.5. The van der Waals surface area contributed by atoms with Crippen molar-refractivity contribution in [3.63, 3.8) is 0 Å². The van der Waals surface area contributed by atoms with Gasteiger partial charge in [0.25, 0.3) is 0 Å². The second kappa shape index (κ2) is 6.17. The monoisotopic (exact) mass is 433 g/mol. The quantitative estimate of drug-likeness (QED) is 0.466. The summed E-state index contributed by atoms with van der Waals surface area (Å²) >= 11 is 4.17. The van der Waals surface area contributed by atoms with Crippen molar-refractivity contribution < 1.29 is 8.42 Å². The minimum atomic E-state index is -3.80. The molecule has 2 N–H and O–H groups in total. The third-order valence-electron chi connectivity index (χ3n) is 4.11. The topological polar surface area (TPSA) is 103 Å². The average Bonchev–Trinajstić information content (AvgIpc) is 3.47. The Kier molecular flexibility index (Phi) is 3.88. The Morgan fingerprint density at radius 3 is 2.59 bits per heavy atom. The lowest BCUT2D eigenvalue weighted by atomic mass is 10.1. The highest BCUT2D eigenvalue weighted by atomic mass is 32.2. The standard InChI is InChI=1S/C16H11N5O2S4/c17-12(10-3-1-6-24-10)13-14-9(5-8-26-14)21-15(18-13)16(19-20-21)27(22,23)11-4-2-7-25-11/h1-8,12H,17H2. The SMILES string of the molecule is NC(c1cccs1)c1nc2c(S(=O)(=O)c3cccs3)nnn2c2ccsc12. The lowest BCUT2D eigenvalue weighted by molar-refractivity contribution is 0.594. The maximum Gasteiger partial charge on any atom is 0.238 e. The molecule has 0 bridgehead atoms. The molecule has 5 aromatic heterocycles. The summed E-state index contributed by atoms with van der Waals surface area (Å²) in [6.07, 6.45) is 0. The van der Waals surface area contributed by atoms with Crippen molar-refractivity contribution in [3.05, 3.63) is 57.0 Å². The van der Waals surface area contributed by atoms with E-state index in [0.29, 0.717) is 5.69 Å². The Bertz CT molecular complexity index is 1350. The third-order valence-corrected chi connectivity index (χ3v) is 9.04. The van der Waals surface area contributed by atoms with Crippen LogP contribution in [0.2, 0.25) is 0 Å². The second-order valence-electron chi connectivity index (χ2n) is 5.69. The molecule has 0 aliphatic carbocycles. The summed E-state index contributed by atoms with van der Waals surface area (Å²) in [6, 6.07) is 8.52. The van der Waals surface area contributed by atoms with E-state index in [9.17, 15) is 8.42 Å². The molecule has 0 aliphatic rings. The van der Waals surface area contributed by atoms with E-state index >= 15 is 0 Å². The first-order chi connectivity index (χ1) is 13.1. The van der Waals surface area contributed by atoms with Crippen LogP contribution < -0.4 is 5.73 Å². The number of hydrogen-bond donors (Lipinski definition) is 1. The third kappa shape index (κ3) is 2.54. The number of thiophene rings is 3. The molecule has 136 valence electrons. The molecule has 27 heavy (non-hydrogen) atoms. The van der Waals surface area contributed by atoms with E-state index in [-0.39, 0.29) is 14.9 Å². The van der Waals surface area contributed by atoms with E-state index in [1.165, 1.54) is 27.2 Å². The zero-order chi connectivity index (χ0) is 18.6. The van der Waals surface area contributed by atoms with Crippen LogP contribution in [0, 0.1) is 0 Å². The molecule has 0 fully saturated rings. The molecule has 0 spiro atoms. The highest BCUT2D eigenvalue weighted by Crippen LogP contribution is 2.34. The van der Waals surface area contributed by atoms with Crippen molar-refractivity contribution >= 4 is 59.7 Å². The number of sulfone groups is 1. The second-order valence-corrected chi connectivity index (χ2v) is 10.6. The van der Waals surface area contributed by atoms with Crippen LogP contribution in [0.15, 0.2) is 55.7 Å². The van der Waals surface area contributed by atoms with Gasteiger partial charge in [-0.3, -0.25) is 0 Å². The summed E-state index contributed by atoms with van der Waals surface area (Å²) in [7, 11) is -3.80. The Labute approximate surface area is 165 Å². The van der Waals surface area contributed by atoms with Crippen LogP contribution in [-0.2, 0) is 9.84 Å². The van der Waals surface area contributed by atoms with Gasteiger partial charge in [-0.25, -0.2) is 13.4 Å². The van der Waals surface area contributed by atoms with Gasteiger partial charge in [0, 0.05) is 4.88 Å². The van der Waals surface area contributed by atoms with Gasteiger partial charge in [-0.2, -0.15) is 4.52 Å². The zero-order valence-corrected chi connectivity index (χ0v) is 16.8. The molecule has 0 saturated carbocycles. The van der Waals surface area contributed by atoms with Crippen molar-refractivity contribution in [1.82, 2.24) is 19.8 Å². The summed E-state index contributed by atoms with van der Waals surface area (Å²) in [5.74, 6) is 0. The van der Waals surface area contributed by atoms with E-state index in [0.717, 1.165) is 26.4 Å². The average molecular weight is 434 g/mol. The minimum absolute atomic E-state index is 0.155. The molecular formula is C16H11N5O2S4. The molecule has 1 atom stereocenters. The van der Waals surface area contributed by atoms with Gasteiger partial charge in [0.05, 0.1) is 22.0 Å². The molecule has 11 heteroatoms. The predicted molar refractivity (Wildman–Crippen MR) is 106 cm³/mol. The van der Waals surface area contributed by atoms with E-state index in [1.54, 1.807) is 17.5 Å². The number of fused-ring (bicyclic) bond motifs is 3. The van der Waals surface area contributed by atoms with Crippen molar-refractivity contribution in [2.75, 3.05) is 0 Å². The van der Waals surface area contributed by atoms with Crippen molar-refractivity contribution in [2.45, 2.75) is 15.3 Å². The van der Waals surface area contributed by atoms with Crippen LogP contribution in [0.25, 0.3) is 15.9 Å². The minimum Gasteiger partial charge on any atom is -0.318 e. The molecule has 5 aromatic rings. The van der Waals surface area contributed by atoms with Crippen LogP contribution >= 0.6 is 34.0 Å². The fraction of sp³-hybridized carbons (Fsp3) is 0.0625. The van der Waals surface area contributed by atoms with Crippen LogP contribution in [0.4, 0.5) is 0 Å². The van der Waals surface area contributed by atoms with E-state index in [2.05, 4.69) is 15.3 Å². The highest BCUT2D eigenvalue weighted by molar-refractivity contribution is 7.93. The van der Waals surface area contributed by atoms with Gasteiger partial charge >= 0.3 is 0 Å². The molecule has 0 radical (unpaired) electrons. The predicted octanol–water partition coefficient (Wildman–Crippen LogP) is 3.34. The molecule has 5 rings (SSSR count). The lowest BCUT2D eigenvalue weighted by Gasteiger charge is -2.11. The van der Waals surface area contributed by atoms with Crippen LogP contribution in [0.1, 0.15) is 16.6 Å². The van der Waals surface area contributed by atoms with E-state index in [4.69, 9.17) is 5.73 Å². The maximum atomic E-state index is 13.0. The molecule has 0 amide bonds. The summed E-state index contributed by atoms with van der Waals surface area (Å²) in [6.45, 7) is 0. The summed E-state index contributed by atoms with van der Waals surface area (Å²) in [5, 5.41) is 13.4. The number of aromatic nitrogens is 4. The van der Waals surface area contributed by atoms with Gasteiger partial charge in [0.2, 0.25) is 14.9 Å². The number of nitrogens with two attached hydrogens (primary N) is 1. The largest absolute Gasteiger partial charge is 0.318 e. The fourth-order valence-corrected chi connectivity index (χ4v) is 6.80. The van der Waals surface area contributed by atoms with Gasteiger partial charge in [0.15, 0.2) is 5.65 Å². The Morgan fingerprint density at radius 2 is 1.85 bits per heavy atom. The lowest BCUT2D eigenvalue weighted by Crippen LogP contribution is -2.14. The molecule has 0 aliphatic heterocycles. The molecule has 7 nitrogen and oxygen atoms in total. The van der Waals surface area contributed by atoms with Gasteiger partial charge in [-0.05, 0) is 34.3 Å². The first-order valence-corrected chi connectivity index (χ1v) is 11.9. The smallest absolute Gasteiger partial charge is 0.238 e. The molecule has 0 saturated heterocycles. The van der Waals surface area contributed by atoms with Crippen LogP contribution in [-0.4, -0.2) is 28.2 Å². The maximum absolute atomic E-state index is 13.0. The van der Waals surface area contributed by atoms with Crippen LogP contribution in [0.5, 0.6) is 0 Å². The van der Waals surface area contributed by atoms with Crippen molar-refractivity contribution in [3.8, 4) is 0 Å². The van der Waals surface area contributed by atoms with Gasteiger partial charge in [-0.15, -0.1) is 39.1 Å². The van der Waals surface area contributed by atoms with Gasteiger partial charge in [-0.1, -0.05) is 17.3 Å². The number of hydrogen-bond acceptors (Lipinski definition) is 9.